The van der Waals surface area contributed by atoms with E-state index in [9.17, 15) is 14.4 Å². The van der Waals surface area contributed by atoms with Crippen molar-refractivity contribution in [2.24, 2.45) is 5.92 Å². The molecule has 0 saturated carbocycles. The molecule has 2 N–H and O–H groups in total. The maximum absolute atomic E-state index is 12.2. The van der Waals surface area contributed by atoms with Crippen LogP contribution >= 0.6 is 0 Å². The Balaban J connectivity index is 2.58. The Morgan fingerprint density at radius 2 is 2.05 bits per heavy atom. The first kappa shape index (κ1) is 15.3. The summed E-state index contributed by atoms with van der Waals surface area (Å²) in [7, 11) is 3.08. The van der Waals surface area contributed by atoms with Gasteiger partial charge in [0, 0.05) is 26.7 Å². The zero-order valence-corrected chi connectivity index (χ0v) is 11.5. The highest BCUT2D eigenvalue weighted by Gasteiger charge is 2.33. The minimum Gasteiger partial charge on any atom is -0.481 e. The molecule has 0 aromatic rings. The molecule has 0 aliphatic carbocycles. The van der Waals surface area contributed by atoms with Crippen LogP contribution in [-0.2, 0) is 9.59 Å². The predicted molar refractivity (Wildman–Crippen MR) is 68.6 cm³/mol. The van der Waals surface area contributed by atoms with E-state index in [0.29, 0.717) is 19.4 Å². The van der Waals surface area contributed by atoms with Gasteiger partial charge in [-0.05, 0) is 19.8 Å². The molecule has 0 spiro atoms. The smallest absolute Gasteiger partial charge is 0.320 e. The molecule has 108 valence electrons. The average Bonchev–Trinajstić information content (AvgIpc) is 2.37. The van der Waals surface area contributed by atoms with Crippen LogP contribution in [0.15, 0.2) is 0 Å². The van der Waals surface area contributed by atoms with Crippen LogP contribution in [0.1, 0.15) is 19.8 Å². The number of hydrogen-bond donors (Lipinski definition) is 2. The van der Waals surface area contributed by atoms with Crippen LogP contribution in [0.2, 0.25) is 0 Å². The number of carboxylic acid groups (broad SMARTS) is 1. The summed E-state index contributed by atoms with van der Waals surface area (Å²) in [4.78, 5) is 37.3. The molecule has 2 unspecified atom stereocenters. The molecule has 1 aliphatic rings. The number of carbonyl (C=O) groups excluding carboxylic acids is 2. The fourth-order valence-electron chi connectivity index (χ4n) is 2.26. The maximum Gasteiger partial charge on any atom is 0.320 e. The average molecular weight is 271 g/mol. The summed E-state index contributed by atoms with van der Waals surface area (Å²) < 4.78 is 0. The summed E-state index contributed by atoms with van der Waals surface area (Å²) in [6.45, 7) is 2.25. The molecule has 1 aliphatic heterocycles. The lowest BCUT2D eigenvalue weighted by Crippen LogP contribution is -2.52. The number of nitrogens with one attached hydrogen (secondary N) is 1. The van der Waals surface area contributed by atoms with Crippen molar-refractivity contribution in [3.05, 3.63) is 0 Å². The van der Waals surface area contributed by atoms with Crippen LogP contribution in [0.25, 0.3) is 0 Å². The van der Waals surface area contributed by atoms with Crippen molar-refractivity contribution in [1.82, 2.24) is 15.1 Å². The van der Waals surface area contributed by atoms with E-state index in [2.05, 4.69) is 5.32 Å². The molecular formula is C12H21N3O4. The van der Waals surface area contributed by atoms with Gasteiger partial charge in [0.1, 0.15) is 6.54 Å². The molecule has 2 atom stereocenters. The number of urea groups is 1. The normalized spacial score (nSPS) is 22.8. The zero-order chi connectivity index (χ0) is 14.6. The number of piperidine rings is 1. The Morgan fingerprint density at radius 3 is 2.53 bits per heavy atom. The van der Waals surface area contributed by atoms with Crippen molar-refractivity contribution < 1.29 is 19.5 Å². The number of rotatable bonds is 3. The van der Waals surface area contributed by atoms with Crippen LogP contribution in [-0.4, -0.2) is 66.0 Å². The van der Waals surface area contributed by atoms with Crippen molar-refractivity contribution >= 4 is 17.9 Å². The second kappa shape index (κ2) is 6.40. The molecule has 19 heavy (non-hydrogen) atoms. The van der Waals surface area contributed by atoms with Crippen LogP contribution in [0.4, 0.5) is 4.79 Å². The van der Waals surface area contributed by atoms with Gasteiger partial charge in [0.2, 0.25) is 5.91 Å². The summed E-state index contributed by atoms with van der Waals surface area (Å²) in [5.74, 6) is -1.43. The molecule has 7 nitrogen and oxygen atoms in total. The number of likely N-dealkylation sites (tertiary alicyclic amines) is 1. The zero-order valence-electron chi connectivity index (χ0n) is 11.5. The lowest BCUT2D eigenvalue weighted by atomic mass is 9.92. The van der Waals surface area contributed by atoms with E-state index >= 15 is 0 Å². The summed E-state index contributed by atoms with van der Waals surface area (Å²) in [6.07, 6.45) is 0.911. The number of amides is 3. The van der Waals surface area contributed by atoms with Gasteiger partial charge in [-0.25, -0.2) is 4.79 Å². The first-order chi connectivity index (χ1) is 8.86. The molecule has 1 rings (SSSR count). The van der Waals surface area contributed by atoms with E-state index in [1.807, 2.05) is 6.92 Å². The van der Waals surface area contributed by atoms with Crippen molar-refractivity contribution in [1.29, 1.82) is 0 Å². The van der Waals surface area contributed by atoms with Crippen LogP contribution < -0.4 is 5.32 Å². The van der Waals surface area contributed by atoms with Gasteiger partial charge in [-0.2, -0.15) is 0 Å². The third kappa shape index (κ3) is 3.84. The van der Waals surface area contributed by atoms with Gasteiger partial charge < -0.3 is 20.2 Å². The van der Waals surface area contributed by atoms with Crippen molar-refractivity contribution in [3.63, 3.8) is 0 Å². The summed E-state index contributed by atoms with van der Waals surface area (Å²) in [5, 5.41) is 11.4. The van der Waals surface area contributed by atoms with Gasteiger partial charge in [-0.15, -0.1) is 0 Å². The first-order valence-corrected chi connectivity index (χ1v) is 6.32. The van der Waals surface area contributed by atoms with Gasteiger partial charge in [-0.3, -0.25) is 9.59 Å². The van der Waals surface area contributed by atoms with Gasteiger partial charge in [0.25, 0.3) is 0 Å². The molecule has 0 aromatic carbocycles. The van der Waals surface area contributed by atoms with Gasteiger partial charge in [0.15, 0.2) is 0 Å². The fraction of sp³-hybridized carbons (Fsp3) is 0.750. The van der Waals surface area contributed by atoms with Gasteiger partial charge >= 0.3 is 12.0 Å². The molecule has 0 radical (unpaired) electrons. The molecule has 7 heteroatoms. The minimum atomic E-state index is -0.808. The van der Waals surface area contributed by atoms with Crippen LogP contribution in [0, 0.1) is 5.92 Å². The predicted octanol–water partition coefficient (Wildman–Crippen LogP) is -0.0307. The topological polar surface area (TPSA) is 90.0 Å². The van der Waals surface area contributed by atoms with E-state index < -0.39 is 5.97 Å². The molecule has 0 aromatic heterocycles. The lowest BCUT2D eigenvalue weighted by Gasteiger charge is -2.38. The second-order valence-electron chi connectivity index (χ2n) is 4.91. The summed E-state index contributed by atoms with van der Waals surface area (Å²) in [5.41, 5.74) is 0. The van der Waals surface area contributed by atoms with E-state index in [-0.39, 0.29) is 30.4 Å². The molecule has 3 amide bonds. The van der Waals surface area contributed by atoms with E-state index in [1.54, 1.807) is 11.9 Å². The molecule has 1 heterocycles. The highest BCUT2D eigenvalue weighted by atomic mass is 16.4. The molecular weight excluding hydrogens is 250 g/mol. The molecule has 0 bridgehead atoms. The van der Waals surface area contributed by atoms with E-state index in [0.717, 1.165) is 0 Å². The highest BCUT2D eigenvalue weighted by molar-refractivity contribution is 5.84. The van der Waals surface area contributed by atoms with Gasteiger partial charge in [0.05, 0.1) is 5.92 Å². The Kier molecular flexibility index (Phi) is 5.14. The van der Waals surface area contributed by atoms with Crippen molar-refractivity contribution in [3.8, 4) is 0 Å². The Bertz CT molecular complexity index is 372. The highest BCUT2D eigenvalue weighted by Crippen LogP contribution is 2.23. The van der Waals surface area contributed by atoms with Crippen molar-refractivity contribution in [2.75, 3.05) is 27.2 Å². The maximum atomic E-state index is 12.2. The first-order valence-electron chi connectivity index (χ1n) is 6.32. The minimum absolute atomic E-state index is 0.000905. The third-order valence-corrected chi connectivity index (χ3v) is 3.46. The van der Waals surface area contributed by atoms with Crippen LogP contribution in [0.3, 0.4) is 0 Å². The number of likely N-dealkylation sites (N-methyl/N-ethyl adjacent to an activating group) is 2. The second-order valence-corrected chi connectivity index (χ2v) is 4.91. The van der Waals surface area contributed by atoms with Crippen molar-refractivity contribution in [2.45, 2.75) is 25.8 Å². The number of nitrogens with zero attached hydrogens (tertiary/aromatic N) is 2. The van der Waals surface area contributed by atoms with Crippen LogP contribution in [0.5, 0.6) is 0 Å². The Hall–Kier alpha value is -1.79. The number of carboxylic acids is 1. The lowest BCUT2D eigenvalue weighted by molar-refractivity contribution is -0.143. The fourth-order valence-corrected chi connectivity index (χ4v) is 2.26. The Morgan fingerprint density at radius 1 is 1.42 bits per heavy atom. The largest absolute Gasteiger partial charge is 0.481 e. The SMILES string of the molecule is CNC(=O)CN(C)C(=O)N1CCC(C(=O)O)CC1C. The van der Waals surface area contributed by atoms with E-state index in [4.69, 9.17) is 5.11 Å². The summed E-state index contributed by atoms with van der Waals surface area (Å²) >= 11 is 0. The molecule has 1 saturated heterocycles. The quantitative estimate of drug-likeness (QED) is 0.754. The third-order valence-electron chi connectivity index (χ3n) is 3.46. The summed E-state index contributed by atoms with van der Waals surface area (Å²) in [6, 6.07) is -0.366. The Labute approximate surface area is 112 Å². The number of carbonyl (C=O) groups is 3. The van der Waals surface area contributed by atoms with E-state index in [1.165, 1.54) is 11.9 Å². The monoisotopic (exact) mass is 271 g/mol. The standard InChI is InChI=1S/C12H21N3O4/c1-8-6-9(11(17)18)4-5-15(8)12(19)14(3)7-10(16)13-2/h8-9H,4-7H2,1-3H3,(H,13,16)(H,17,18). The molecule has 1 fully saturated rings. The van der Waals surface area contributed by atoms with Gasteiger partial charge in [-0.1, -0.05) is 0 Å². The number of aliphatic carboxylic acids is 1. The number of hydrogen-bond acceptors (Lipinski definition) is 3.